The van der Waals surface area contributed by atoms with Crippen LogP contribution in [0.2, 0.25) is 0 Å². The summed E-state index contributed by atoms with van der Waals surface area (Å²) in [4.78, 5) is 13.9. The van der Waals surface area contributed by atoms with Gasteiger partial charge in [0.15, 0.2) is 0 Å². The fraction of sp³-hybridized carbons (Fsp3) is 0.929. The van der Waals surface area contributed by atoms with Crippen molar-refractivity contribution in [1.29, 1.82) is 0 Å². The van der Waals surface area contributed by atoms with Crippen LogP contribution in [0.25, 0.3) is 0 Å². The van der Waals surface area contributed by atoms with E-state index < -0.39 is 5.60 Å². The second-order valence-corrected chi connectivity index (χ2v) is 6.24. The molecule has 0 bridgehead atoms. The SMILES string of the molecule is CNC(CCO)C1CCCN(C(=O)OC(C)(C)C)C1. The van der Waals surface area contributed by atoms with E-state index in [-0.39, 0.29) is 18.7 Å². The molecule has 0 aromatic heterocycles. The van der Waals surface area contributed by atoms with E-state index >= 15 is 0 Å². The zero-order valence-corrected chi connectivity index (χ0v) is 12.6. The Hall–Kier alpha value is -0.810. The van der Waals surface area contributed by atoms with Gasteiger partial charge in [-0.25, -0.2) is 4.79 Å². The van der Waals surface area contributed by atoms with Crippen LogP contribution in [0.1, 0.15) is 40.0 Å². The standard InChI is InChI=1S/C14H28N2O3/c1-14(2,3)19-13(18)16-8-5-6-11(10-16)12(15-4)7-9-17/h11-12,15,17H,5-10H2,1-4H3. The van der Waals surface area contributed by atoms with Crippen LogP contribution in [-0.4, -0.2) is 54.5 Å². The summed E-state index contributed by atoms with van der Waals surface area (Å²) >= 11 is 0. The maximum absolute atomic E-state index is 12.1. The number of carbonyl (C=O) groups excluding carboxylic acids is 1. The first-order chi connectivity index (χ1) is 8.87. The van der Waals surface area contributed by atoms with Gasteiger partial charge in [-0.15, -0.1) is 0 Å². The van der Waals surface area contributed by atoms with Gasteiger partial charge >= 0.3 is 6.09 Å². The normalized spacial score (nSPS) is 22.2. The van der Waals surface area contributed by atoms with Crippen LogP contribution in [0.4, 0.5) is 4.79 Å². The van der Waals surface area contributed by atoms with E-state index in [4.69, 9.17) is 9.84 Å². The molecule has 0 aromatic carbocycles. The minimum Gasteiger partial charge on any atom is -0.444 e. The van der Waals surface area contributed by atoms with E-state index in [1.54, 1.807) is 4.90 Å². The first-order valence-electron chi connectivity index (χ1n) is 7.13. The molecule has 1 amide bonds. The average molecular weight is 272 g/mol. The van der Waals surface area contributed by atoms with E-state index in [0.717, 1.165) is 25.8 Å². The number of likely N-dealkylation sites (tertiary alicyclic amines) is 1. The molecule has 0 spiro atoms. The number of nitrogens with one attached hydrogen (secondary N) is 1. The molecule has 0 aliphatic carbocycles. The van der Waals surface area contributed by atoms with E-state index in [2.05, 4.69) is 5.32 Å². The number of piperidine rings is 1. The molecule has 112 valence electrons. The molecule has 2 unspecified atom stereocenters. The lowest BCUT2D eigenvalue weighted by atomic mass is 9.89. The van der Waals surface area contributed by atoms with Crippen LogP contribution >= 0.6 is 0 Å². The Kier molecular flexibility index (Phi) is 6.07. The number of carbonyl (C=O) groups is 1. The Bertz CT molecular complexity index is 289. The molecular formula is C14H28N2O3. The fourth-order valence-electron chi connectivity index (χ4n) is 2.59. The van der Waals surface area contributed by atoms with Gasteiger partial charge < -0.3 is 20.1 Å². The molecule has 0 radical (unpaired) electrons. The number of amides is 1. The number of hydrogen-bond acceptors (Lipinski definition) is 4. The molecule has 1 fully saturated rings. The van der Waals surface area contributed by atoms with Crippen molar-refractivity contribution >= 4 is 6.09 Å². The topological polar surface area (TPSA) is 61.8 Å². The van der Waals surface area contributed by atoms with Crippen LogP contribution < -0.4 is 5.32 Å². The van der Waals surface area contributed by atoms with Crippen molar-refractivity contribution in [1.82, 2.24) is 10.2 Å². The summed E-state index contributed by atoms with van der Waals surface area (Å²) in [6.07, 6.45) is 2.58. The van der Waals surface area contributed by atoms with Gasteiger partial charge in [-0.3, -0.25) is 0 Å². The Labute approximate surface area is 116 Å². The molecule has 1 heterocycles. The summed E-state index contributed by atoms with van der Waals surface area (Å²) < 4.78 is 5.42. The molecule has 19 heavy (non-hydrogen) atoms. The van der Waals surface area contributed by atoms with Crippen LogP contribution in [0.15, 0.2) is 0 Å². The summed E-state index contributed by atoms with van der Waals surface area (Å²) in [5.74, 6) is 0.387. The second kappa shape index (κ2) is 7.10. The number of aliphatic hydroxyl groups is 1. The van der Waals surface area contributed by atoms with Crippen LogP contribution in [-0.2, 0) is 4.74 Å². The first kappa shape index (κ1) is 16.2. The zero-order valence-electron chi connectivity index (χ0n) is 12.6. The quantitative estimate of drug-likeness (QED) is 0.816. The van der Waals surface area contributed by atoms with Crippen molar-refractivity contribution in [2.24, 2.45) is 5.92 Å². The van der Waals surface area contributed by atoms with Crippen molar-refractivity contribution in [3.8, 4) is 0 Å². The lowest BCUT2D eigenvalue weighted by Crippen LogP contribution is -2.48. The Morgan fingerprint density at radius 1 is 1.53 bits per heavy atom. The maximum atomic E-state index is 12.1. The molecule has 5 nitrogen and oxygen atoms in total. The highest BCUT2D eigenvalue weighted by Crippen LogP contribution is 2.23. The maximum Gasteiger partial charge on any atom is 0.410 e. The predicted molar refractivity (Wildman–Crippen MR) is 75.1 cm³/mol. The minimum atomic E-state index is -0.447. The summed E-state index contributed by atoms with van der Waals surface area (Å²) in [5.41, 5.74) is -0.447. The first-order valence-corrected chi connectivity index (χ1v) is 7.13. The molecule has 0 saturated carbocycles. The molecule has 0 aromatic rings. The van der Waals surface area contributed by atoms with Crippen molar-refractivity contribution in [3.63, 3.8) is 0 Å². The van der Waals surface area contributed by atoms with E-state index in [0.29, 0.717) is 12.5 Å². The van der Waals surface area contributed by atoms with Gasteiger partial charge in [0, 0.05) is 25.7 Å². The van der Waals surface area contributed by atoms with Gasteiger partial charge in [0.2, 0.25) is 0 Å². The Balaban J connectivity index is 2.56. The predicted octanol–water partition coefficient (Wildman–Crippen LogP) is 1.60. The molecule has 1 rings (SSSR count). The fourth-order valence-corrected chi connectivity index (χ4v) is 2.59. The van der Waals surface area contributed by atoms with Gasteiger partial charge in [-0.1, -0.05) is 0 Å². The highest BCUT2D eigenvalue weighted by Gasteiger charge is 2.30. The van der Waals surface area contributed by atoms with Crippen LogP contribution in [0, 0.1) is 5.92 Å². The van der Waals surface area contributed by atoms with Gasteiger partial charge in [-0.2, -0.15) is 0 Å². The summed E-state index contributed by atoms with van der Waals surface area (Å²) in [7, 11) is 1.91. The van der Waals surface area contributed by atoms with Crippen molar-refractivity contribution in [2.75, 3.05) is 26.7 Å². The molecular weight excluding hydrogens is 244 g/mol. The number of rotatable bonds is 4. The van der Waals surface area contributed by atoms with E-state index in [9.17, 15) is 4.79 Å². The Morgan fingerprint density at radius 3 is 2.74 bits per heavy atom. The van der Waals surface area contributed by atoms with Gasteiger partial charge in [-0.05, 0) is 53.0 Å². The minimum absolute atomic E-state index is 0.175. The van der Waals surface area contributed by atoms with Crippen molar-refractivity contribution < 1.29 is 14.6 Å². The van der Waals surface area contributed by atoms with Gasteiger partial charge in [0.1, 0.15) is 5.60 Å². The highest BCUT2D eigenvalue weighted by atomic mass is 16.6. The third-order valence-corrected chi connectivity index (χ3v) is 3.49. The van der Waals surface area contributed by atoms with E-state index in [1.165, 1.54) is 0 Å². The smallest absolute Gasteiger partial charge is 0.410 e. The van der Waals surface area contributed by atoms with Crippen molar-refractivity contribution in [2.45, 2.75) is 51.7 Å². The third-order valence-electron chi connectivity index (χ3n) is 3.49. The van der Waals surface area contributed by atoms with Gasteiger partial charge in [0.05, 0.1) is 0 Å². The Morgan fingerprint density at radius 2 is 2.21 bits per heavy atom. The molecule has 2 atom stereocenters. The molecule has 1 aliphatic heterocycles. The van der Waals surface area contributed by atoms with Gasteiger partial charge in [0.25, 0.3) is 0 Å². The zero-order chi connectivity index (χ0) is 14.5. The molecule has 1 aliphatic rings. The highest BCUT2D eigenvalue weighted by molar-refractivity contribution is 5.68. The summed E-state index contributed by atoms with van der Waals surface area (Å²) in [6, 6.07) is 0.259. The van der Waals surface area contributed by atoms with Crippen LogP contribution in [0.5, 0.6) is 0 Å². The molecule has 5 heteroatoms. The summed E-state index contributed by atoms with van der Waals surface area (Å²) in [5, 5.41) is 12.3. The van der Waals surface area contributed by atoms with Crippen molar-refractivity contribution in [3.05, 3.63) is 0 Å². The van der Waals surface area contributed by atoms with Crippen LogP contribution in [0.3, 0.4) is 0 Å². The summed E-state index contributed by atoms with van der Waals surface area (Å²) in [6.45, 7) is 7.30. The molecule has 1 saturated heterocycles. The monoisotopic (exact) mass is 272 g/mol. The molecule has 2 N–H and O–H groups in total. The lowest BCUT2D eigenvalue weighted by molar-refractivity contribution is 0.0140. The second-order valence-electron chi connectivity index (χ2n) is 6.24. The number of ether oxygens (including phenoxy) is 1. The number of aliphatic hydroxyl groups excluding tert-OH is 1. The van der Waals surface area contributed by atoms with E-state index in [1.807, 2.05) is 27.8 Å². The number of hydrogen-bond donors (Lipinski definition) is 2. The third kappa shape index (κ3) is 5.37. The largest absolute Gasteiger partial charge is 0.444 e. The lowest BCUT2D eigenvalue weighted by Gasteiger charge is -2.37. The average Bonchev–Trinajstić information content (AvgIpc) is 2.34. The number of nitrogens with zero attached hydrogens (tertiary/aromatic N) is 1.